The number of halogens is 1. The third-order valence-corrected chi connectivity index (χ3v) is 2.80. The van der Waals surface area contributed by atoms with E-state index in [2.05, 4.69) is 13.0 Å². The monoisotopic (exact) mass is 120 g/mol. The molecule has 0 amide bonds. The summed E-state index contributed by atoms with van der Waals surface area (Å²) in [7, 11) is -0.328. The van der Waals surface area contributed by atoms with Gasteiger partial charge in [0.1, 0.15) is 0 Å². The van der Waals surface area contributed by atoms with Crippen LogP contribution in [0.15, 0.2) is 11.3 Å². The number of hydrogen-bond donors (Lipinski definition) is 0. The van der Waals surface area contributed by atoms with Gasteiger partial charge in [0.2, 0.25) is 0 Å². The fraction of sp³-hybridized carbons (Fsp3) is 0.500. The first-order chi connectivity index (χ1) is 2.81. The fourth-order valence-corrected chi connectivity index (χ4v) is 0.694. The van der Waals surface area contributed by atoms with Crippen molar-refractivity contribution in [2.45, 2.75) is 13.8 Å². The summed E-state index contributed by atoms with van der Waals surface area (Å²) >= 11 is 5.52. The summed E-state index contributed by atoms with van der Waals surface area (Å²) in [4.78, 5) is 0. The summed E-state index contributed by atoms with van der Waals surface area (Å²) in [6.07, 6.45) is 2.07. The van der Waals surface area contributed by atoms with E-state index in [1.54, 1.807) is 0 Å². The normalized spacial score (nSPS) is 14.2. The SMILES string of the molecule is CC=C(C)[SiH2]Cl. The largest absolute Gasteiger partial charge is 0.170 e. The average molecular weight is 121 g/mol. The van der Waals surface area contributed by atoms with Crippen LogP contribution in [0.4, 0.5) is 0 Å². The predicted molar refractivity (Wildman–Crippen MR) is 33.8 cm³/mol. The van der Waals surface area contributed by atoms with Crippen LogP contribution in [-0.2, 0) is 0 Å². The van der Waals surface area contributed by atoms with Crippen LogP contribution in [0.5, 0.6) is 0 Å². The number of hydrogen-bond acceptors (Lipinski definition) is 0. The van der Waals surface area contributed by atoms with E-state index in [0.29, 0.717) is 0 Å². The van der Waals surface area contributed by atoms with Crippen molar-refractivity contribution in [3.05, 3.63) is 11.3 Å². The predicted octanol–water partition coefficient (Wildman–Crippen LogP) is 1.23. The van der Waals surface area contributed by atoms with E-state index in [4.69, 9.17) is 11.1 Å². The van der Waals surface area contributed by atoms with Gasteiger partial charge in [-0.2, -0.15) is 11.1 Å². The Bertz CT molecular complexity index is 58.6. The van der Waals surface area contributed by atoms with Gasteiger partial charge in [0.15, 0.2) is 8.83 Å². The first-order valence-corrected chi connectivity index (χ1v) is 4.83. The Balaban J connectivity index is 3.22. The van der Waals surface area contributed by atoms with Crippen LogP contribution in [0, 0.1) is 0 Å². The van der Waals surface area contributed by atoms with E-state index in [-0.39, 0.29) is 8.83 Å². The number of allylic oxidation sites excluding steroid dienone is 2. The van der Waals surface area contributed by atoms with E-state index in [1.165, 1.54) is 5.20 Å². The summed E-state index contributed by atoms with van der Waals surface area (Å²) in [5.74, 6) is 0. The zero-order chi connectivity index (χ0) is 4.99. The first-order valence-electron chi connectivity index (χ1n) is 1.99. The minimum absolute atomic E-state index is 0.328. The third-order valence-electron chi connectivity index (χ3n) is 0.704. The van der Waals surface area contributed by atoms with E-state index < -0.39 is 0 Å². The highest BCUT2D eigenvalue weighted by molar-refractivity contribution is 6.97. The Hall–Kier alpha value is 0.247. The van der Waals surface area contributed by atoms with Crippen LogP contribution in [0.3, 0.4) is 0 Å². The van der Waals surface area contributed by atoms with Crippen LogP contribution in [0.2, 0.25) is 0 Å². The van der Waals surface area contributed by atoms with Gasteiger partial charge >= 0.3 is 0 Å². The lowest BCUT2D eigenvalue weighted by atomic mass is 10.6. The molecule has 0 atom stereocenters. The van der Waals surface area contributed by atoms with Crippen LogP contribution in [0.1, 0.15) is 13.8 Å². The molecular formula is C4H9ClSi. The molecule has 0 aliphatic carbocycles. The van der Waals surface area contributed by atoms with Crippen LogP contribution in [0.25, 0.3) is 0 Å². The minimum Gasteiger partial charge on any atom is -0.170 e. The second-order valence-electron chi connectivity index (χ2n) is 1.27. The van der Waals surface area contributed by atoms with Gasteiger partial charge in [-0.05, 0) is 13.8 Å². The second-order valence-corrected chi connectivity index (χ2v) is 3.45. The van der Waals surface area contributed by atoms with Crippen molar-refractivity contribution in [1.29, 1.82) is 0 Å². The standard InChI is InChI=1S/C4H9ClSi/c1-3-4(2)6-5/h3H,6H2,1-2H3. The average Bonchev–Trinajstić information content (AvgIpc) is 1.65. The van der Waals surface area contributed by atoms with Gasteiger partial charge in [0.25, 0.3) is 0 Å². The summed E-state index contributed by atoms with van der Waals surface area (Å²) in [6, 6.07) is 0. The lowest BCUT2D eigenvalue weighted by Crippen LogP contribution is -1.76. The molecule has 0 aliphatic heterocycles. The molecule has 2 heteroatoms. The zero-order valence-electron chi connectivity index (χ0n) is 4.16. The molecule has 0 rings (SSSR count). The third kappa shape index (κ3) is 2.48. The molecule has 0 bridgehead atoms. The maximum Gasteiger partial charge on any atom is 0.151 e. The van der Waals surface area contributed by atoms with Crippen molar-refractivity contribution in [2.24, 2.45) is 0 Å². The van der Waals surface area contributed by atoms with E-state index >= 15 is 0 Å². The maximum absolute atomic E-state index is 5.52. The molecule has 6 heavy (non-hydrogen) atoms. The molecule has 36 valence electrons. The first kappa shape index (κ1) is 6.25. The van der Waals surface area contributed by atoms with Crippen molar-refractivity contribution >= 4 is 19.9 Å². The molecule has 0 radical (unpaired) electrons. The topological polar surface area (TPSA) is 0 Å². The van der Waals surface area contributed by atoms with Gasteiger partial charge in [-0.15, -0.1) is 0 Å². The van der Waals surface area contributed by atoms with E-state index in [9.17, 15) is 0 Å². The highest BCUT2D eigenvalue weighted by Crippen LogP contribution is 1.88. The lowest BCUT2D eigenvalue weighted by Gasteiger charge is -1.81. The molecule has 0 aromatic rings. The van der Waals surface area contributed by atoms with Crippen molar-refractivity contribution in [3.8, 4) is 0 Å². The van der Waals surface area contributed by atoms with Crippen LogP contribution in [-0.4, -0.2) is 8.83 Å². The van der Waals surface area contributed by atoms with Gasteiger partial charge in [-0.3, -0.25) is 0 Å². The smallest absolute Gasteiger partial charge is 0.151 e. The van der Waals surface area contributed by atoms with E-state index in [0.717, 1.165) is 0 Å². The number of rotatable bonds is 1. The highest BCUT2D eigenvalue weighted by Gasteiger charge is 1.77. The quantitative estimate of drug-likeness (QED) is 0.361. The van der Waals surface area contributed by atoms with Gasteiger partial charge in [-0.1, -0.05) is 11.3 Å². The van der Waals surface area contributed by atoms with Gasteiger partial charge in [-0.25, -0.2) is 0 Å². The molecule has 0 aliphatic rings. The minimum atomic E-state index is -0.328. The molecule has 0 fully saturated rings. The summed E-state index contributed by atoms with van der Waals surface area (Å²) in [5, 5.41) is 1.37. The molecule has 0 saturated carbocycles. The zero-order valence-corrected chi connectivity index (χ0v) is 6.33. The fourth-order valence-electron chi connectivity index (χ4n) is 0.0772. The maximum atomic E-state index is 5.52. The summed E-state index contributed by atoms with van der Waals surface area (Å²) in [6.45, 7) is 4.09. The molecule has 0 aromatic heterocycles. The lowest BCUT2D eigenvalue weighted by molar-refractivity contribution is 1.58. The van der Waals surface area contributed by atoms with Gasteiger partial charge in [0, 0.05) is 0 Å². The molecular weight excluding hydrogens is 112 g/mol. The van der Waals surface area contributed by atoms with Crippen molar-refractivity contribution in [1.82, 2.24) is 0 Å². The second kappa shape index (κ2) is 3.44. The van der Waals surface area contributed by atoms with Crippen molar-refractivity contribution < 1.29 is 0 Å². The van der Waals surface area contributed by atoms with Gasteiger partial charge in [0.05, 0.1) is 0 Å². The van der Waals surface area contributed by atoms with Gasteiger partial charge < -0.3 is 0 Å². The highest BCUT2D eigenvalue weighted by atomic mass is 35.6. The Morgan fingerprint density at radius 1 is 1.83 bits per heavy atom. The molecule has 0 nitrogen and oxygen atoms in total. The molecule has 0 saturated heterocycles. The molecule has 0 N–H and O–H groups in total. The summed E-state index contributed by atoms with van der Waals surface area (Å²) < 4.78 is 0. The van der Waals surface area contributed by atoms with E-state index in [1.807, 2.05) is 6.92 Å². The Morgan fingerprint density at radius 3 is 2.33 bits per heavy atom. The van der Waals surface area contributed by atoms with Crippen molar-refractivity contribution in [2.75, 3.05) is 0 Å². The molecule has 0 unspecified atom stereocenters. The summed E-state index contributed by atoms with van der Waals surface area (Å²) in [5.41, 5.74) is 0. The van der Waals surface area contributed by atoms with Crippen molar-refractivity contribution in [3.63, 3.8) is 0 Å². The Labute approximate surface area is 45.7 Å². The Kier molecular flexibility index (Phi) is 3.58. The molecule has 0 heterocycles. The van der Waals surface area contributed by atoms with Crippen LogP contribution < -0.4 is 0 Å². The molecule has 0 aromatic carbocycles. The van der Waals surface area contributed by atoms with Crippen LogP contribution >= 0.6 is 11.1 Å². The Morgan fingerprint density at radius 2 is 2.33 bits per heavy atom. The molecule has 0 spiro atoms.